The number of halogens is 4. The van der Waals surface area contributed by atoms with Gasteiger partial charge in [-0.1, -0.05) is 23.7 Å². The van der Waals surface area contributed by atoms with Crippen LogP contribution in [-0.2, 0) is 28.8 Å². The van der Waals surface area contributed by atoms with E-state index >= 15 is 0 Å². The zero-order valence-electron chi connectivity index (χ0n) is 19.9. The first-order valence-electron chi connectivity index (χ1n) is 10.7. The highest BCUT2D eigenvalue weighted by Crippen LogP contribution is 2.32. The number of hydrogen-bond acceptors (Lipinski definition) is 6. The van der Waals surface area contributed by atoms with Crippen molar-refractivity contribution in [1.82, 2.24) is 14.1 Å². The summed E-state index contributed by atoms with van der Waals surface area (Å²) in [7, 11) is 1.20. The van der Waals surface area contributed by atoms with E-state index < -0.39 is 34.5 Å². The number of rotatable bonds is 7. The van der Waals surface area contributed by atoms with E-state index in [1.807, 2.05) is 0 Å². The van der Waals surface area contributed by atoms with Gasteiger partial charge >= 0.3 is 23.5 Å². The fourth-order valence-corrected chi connectivity index (χ4v) is 3.64. The summed E-state index contributed by atoms with van der Waals surface area (Å²) in [5.74, 6) is -0.796. The van der Waals surface area contributed by atoms with E-state index in [4.69, 9.17) is 16.3 Å². The van der Waals surface area contributed by atoms with Crippen LogP contribution in [0.25, 0.3) is 0 Å². The van der Waals surface area contributed by atoms with Gasteiger partial charge in [-0.15, -0.1) is 0 Å². The van der Waals surface area contributed by atoms with Crippen LogP contribution in [0, 0.1) is 12.3 Å². The average molecular weight is 525 g/mol. The number of aryl methyl sites for hydroxylation is 1. The number of carbonyl (C=O) groups is 1. The zero-order valence-corrected chi connectivity index (χ0v) is 20.7. The van der Waals surface area contributed by atoms with Crippen molar-refractivity contribution >= 4 is 29.2 Å². The number of anilines is 2. The highest BCUT2D eigenvalue weighted by Gasteiger charge is 2.32. The first-order valence-corrected chi connectivity index (χ1v) is 11.1. The van der Waals surface area contributed by atoms with E-state index in [0.717, 1.165) is 21.3 Å². The molecule has 0 aliphatic heterocycles. The predicted octanol–water partition coefficient (Wildman–Crippen LogP) is 4.38. The van der Waals surface area contributed by atoms with Gasteiger partial charge in [0.25, 0.3) is 0 Å². The Morgan fingerprint density at radius 2 is 1.72 bits per heavy atom. The Balaban J connectivity index is 2.12. The lowest BCUT2D eigenvalue weighted by atomic mass is 9.94. The Kier molecular flexibility index (Phi) is 7.63. The first kappa shape index (κ1) is 27.0. The third-order valence-electron chi connectivity index (χ3n) is 5.50. The van der Waals surface area contributed by atoms with Gasteiger partial charge in [0.05, 0.1) is 24.6 Å². The summed E-state index contributed by atoms with van der Waals surface area (Å²) in [5, 5.41) is 3.29. The summed E-state index contributed by atoms with van der Waals surface area (Å²) in [6.45, 7) is 4.16. The molecule has 36 heavy (non-hydrogen) atoms. The number of benzene rings is 2. The van der Waals surface area contributed by atoms with Crippen LogP contribution in [0.2, 0.25) is 5.02 Å². The molecule has 12 heteroatoms. The lowest BCUT2D eigenvalue weighted by molar-refractivity contribution is -0.151. The number of nitrogens with zero attached hydrogens (tertiary/aromatic N) is 3. The first-order chi connectivity index (χ1) is 16.7. The topological polar surface area (TPSA) is 95.2 Å². The quantitative estimate of drug-likeness (QED) is 0.461. The summed E-state index contributed by atoms with van der Waals surface area (Å²) in [5.41, 5.74) is -2.65. The Morgan fingerprint density at radius 1 is 1.08 bits per heavy atom. The van der Waals surface area contributed by atoms with E-state index in [0.29, 0.717) is 10.6 Å². The number of hydrogen-bond donors (Lipinski definition) is 1. The monoisotopic (exact) mass is 524 g/mol. The highest BCUT2D eigenvalue weighted by molar-refractivity contribution is 6.30. The SMILES string of the molecule is COC(=O)C(C)(C)Cn1c(=O)nc(Nc2ccc(C(F)(F)F)cc2C)n(Cc2ccc(Cl)cc2)c1=O. The van der Waals surface area contributed by atoms with Crippen molar-refractivity contribution in [3.05, 3.63) is 85.1 Å². The minimum Gasteiger partial charge on any atom is -0.469 e. The smallest absolute Gasteiger partial charge is 0.416 e. The Bertz CT molecular complexity index is 1400. The molecule has 0 radical (unpaired) electrons. The molecule has 0 amide bonds. The van der Waals surface area contributed by atoms with Crippen molar-refractivity contribution in [2.75, 3.05) is 12.4 Å². The second-order valence-corrected chi connectivity index (χ2v) is 9.26. The van der Waals surface area contributed by atoms with Crippen molar-refractivity contribution in [3.63, 3.8) is 0 Å². The lowest BCUT2D eigenvalue weighted by Crippen LogP contribution is -2.46. The molecule has 1 N–H and O–H groups in total. The summed E-state index contributed by atoms with van der Waals surface area (Å²) in [4.78, 5) is 42.4. The van der Waals surface area contributed by atoms with Gasteiger partial charge in [0.15, 0.2) is 0 Å². The van der Waals surface area contributed by atoms with Gasteiger partial charge in [-0.25, -0.2) is 14.2 Å². The van der Waals surface area contributed by atoms with E-state index in [-0.39, 0.29) is 30.3 Å². The van der Waals surface area contributed by atoms with Crippen molar-refractivity contribution in [3.8, 4) is 0 Å². The van der Waals surface area contributed by atoms with Crippen molar-refractivity contribution < 1.29 is 22.7 Å². The number of methoxy groups -OCH3 is 1. The molecule has 192 valence electrons. The molecule has 0 spiro atoms. The number of carbonyl (C=O) groups excluding carboxylic acids is 1. The molecular formula is C24H24ClF3N4O4. The maximum absolute atomic E-state index is 13.5. The molecule has 0 saturated carbocycles. The molecule has 0 atom stereocenters. The molecule has 0 fully saturated rings. The minimum atomic E-state index is -4.52. The van der Waals surface area contributed by atoms with Crippen molar-refractivity contribution in [2.45, 2.75) is 40.0 Å². The van der Waals surface area contributed by atoms with Crippen LogP contribution < -0.4 is 16.7 Å². The molecule has 0 unspecified atom stereocenters. The summed E-state index contributed by atoms with van der Waals surface area (Å²) < 4.78 is 45.9. The van der Waals surface area contributed by atoms with E-state index in [1.54, 1.807) is 24.3 Å². The van der Waals surface area contributed by atoms with Crippen molar-refractivity contribution in [1.29, 1.82) is 0 Å². The normalized spacial score (nSPS) is 11.9. The highest BCUT2D eigenvalue weighted by atomic mass is 35.5. The molecule has 0 bridgehead atoms. The molecule has 8 nitrogen and oxygen atoms in total. The van der Waals surface area contributed by atoms with Gasteiger partial charge in [-0.3, -0.25) is 9.36 Å². The van der Waals surface area contributed by atoms with Crippen LogP contribution in [0.4, 0.5) is 24.8 Å². The maximum Gasteiger partial charge on any atom is 0.416 e. The molecule has 3 rings (SSSR count). The van der Waals surface area contributed by atoms with Crippen LogP contribution in [0.1, 0.15) is 30.5 Å². The standard InChI is InChI=1S/C24H24ClF3N4O4/c1-14-11-16(24(26,27)28)7-10-18(14)29-20-30-21(34)32(13-23(2,3)19(33)36-4)22(35)31(20)12-15-5-8-17(25)9-6-15/h5-11H,12-13H2,1-4H3,(H,29,30,34). The fourth-order valence-electron chi connectivity index (χ4n) is 3.51. The number of esters is 1. The van der Waals surface area contributed by atoms with Crippen LogP contribution in [0.5, 0.6) is 0 Å². The van der Waals surface area contributed by atoms with Crippen LogP contribution >= 0.6 is 11.6 Å². The molecule has 0 aliphatic carbocycles. The molecule has 0 aliphatic rings. The van der Waals surface area contributed by atoms with E-state index in [2.05, 4.69) is 10.3 Å². The largest absolute Gasteiger partial charge is 0.469 e. The number of nitrogens with one attached hydrogen (secondary N) is 1. The average Bonchev–Trinajstić information content (AvgIpc) is 2.80. The summed E-state index contributed by atoms with van der Waals surface area (Å²) in [6.07, 6.45) is -4.52. The van der Waals surface area contributed by atoms with Crippen LogP contribution in [-0.4, -0.2) is 27.2 Å². The lowest BCUT2D eigenvalue weighted by Gasteiger charge is -2.23. The molecule has 0 saturated heterocycles. The predicted molar refractivity (Wildman–Crippen MR) is 129 cm³/mol. The van der Waals surface area contributed by atoms with Gasteiger partial charge in [0.2, 0.25) is 5.95 Å². The molecule has 1 heterocycles. The third-order valence-corrected chi connectivity index (χ3v) is 5.75. The second-order valence-electron chi connectivity index (χ2n) is 8.83. The van der Waals surface area contributed by atoms with Crippen LogP contribution in [0.3, 0.4) is 0 Å². The summed E-state index contributed by atoms with van der Waals surface area (Å²) >= 11 is 5.95. The van der Waals surface area contributed by atoms with E-state index in [1.165, 1.54) is 33.9 Å². The maximum atomic E-state index is 13.5. The Morgan fingerprint density at radius 3 is 2.28 bits per heavy atom. The van der Waals surface area contributed by atoms with E-state index in [9.17, 15) is 27.6 Å². The number of alkyl halides is 3. The Labute approximate surface area is 209 Å². The fraction of sp³-hybridized carbons (Fsp3) is 0.333. The second kappa shape index (κ2) is 10.2. The molecule has 3 aromatic rings. The van der Waals surface area contributed by atoms with Gasteiger partial charge in [0, 0.05) is 17.3 Å². The molecular weight excluding hydrogens is 501 g/mol. The van der Waals surface area contributed by atoms with Gasteiger partial charge in [0.1, 0.15) is 0 Å². The zero-order chi connectivity index (χ0) is 26.8. The van der Waals surface area contributed by atoms with Gasteiger partial charge in [-0.05, 0) is 62.2 Å². The third kappa shape index (κ3) is 5.96. The van der Waals surface area contributed by atoms with Crippen LogP contribution in [0.15, 0.2) is 52.1 Å². The van der Waals surface area contributed by atoms with Gasteiger partial charge in [-0.2, -0.15) is 18.2 Å². The Hall–Kier alpha value is -3.60. The molecule has 2 aromatic carbocycles. The number of ether oxygens (including phenoxy) is 1. The molecule has 1 aromatic heterocycles. The number of aromatic nitrogens is 3. The van der Waals surface area contributed by atoms with Crippen molar-refractivity contribution in [2.24, 2.45) is 5.41 Å². The summed E-state index contributed by atoms with van der Waals surface area (Å²) in [6, 6.07) is 9.63. The van der Waals surface area contributed by atoms with Gasteiger partial charge < -0.3 is 10.1 Å². The minimum absolute atomic E-state index is 0.0377.